The molecule has 0 radical (unpaired) electrons. The van der Waals surface area contributed by atoms with E-state index in [4.69, 9.17) is 16.7 Å². The van der Waals surface area contributed by atoms with E-state index in [1.165, 1.54) is 12.3 Å². The minimum Gasteiger partial charge on any atom is -0.478 e. The van der Waals surface area contributed by atoms with E-state index in [1.807, 2.05) is 19.9 Å². The van der Waals surface area contributed by atoms with Crippen LogP contribution >= 0.6 is 11.6 Å². The summed E-state index contributed by atoms with van der Waals surface area (Å²) >= 11 is 5.75. The number of nitrogens with zero attached hydrogens (tertiary/aromatic N) is 3. The number of aromatic nitrogens is 3. The summed E-state index contributed by atoms with van der Waals surface area (Å²) < 4.78 is 1.58. The summed E-state index contributed by atoms with van der Waals surface area (Å²) in [6.45, 7) is 3.73. The maximum atomic E-state index is 11.0. The van der Waals surface area contributed by atoms with Crippen LogP contribution in [-0.2, 0) is 0 Å². The lowest BCUT2D eigenvalue weighted by Crippen LogP contribution is -2.05. The summed E-state index contributed by atoms with van der Waals surface area (Å²) in [5.41, 5.74) is 1.74. The average Bonchev–Trinajstić information content (AvgIpc) is 2.58. The van der Waals surface area contributed by atoms with E-state index >= 15 is 0 Å². The maximum Gasteiger partial charge on any atom is 0.337 e. The lowest BCUT2D eigenvalue weighted by Gasteiger charge is -2.05. The molecule has 88 valence electrons. The number of carboxylic acids is 1. The molecule has 6 heteroatoms. The third kappa shape index (κ3) is 2.14. The van der Waals surface area contributed by atoms with E-state index in [2.05, 4.69) is 10.1 Å². The molecular formula is C11H10ClN3O2. The molecule has 0 spiro atoms. The van der Waals surface area contributed by atoms with Crippen LogP contribution in [0.3, 0.4) is 0 Å². The predicted octanol–water partition coefficient (Wildman–Crippen LogP) is 2.24. The van der Waals surface area contributed by atoms with Gasteiger partial charge in [-0.2, -0.15) is 5.10 Å². The molecule has 1 N–H and O–H groups in total. The molecular weight excluding hydrogens is 242 g/mol. The van der Waals surface area contributed by atoms with Crippen molar-refractivity contribution < 1.29 is 9.90 Å². The number of aryl methyl sites for hydroxylation is 2. The van der Waals surface area contributed by atoms with Crippen LogP contribution in [0.1, 0.15) is 21.7 Å². The van der Waals surface area contributed by atoms with Crippen molar-refractivity contribution >= 4 is 17.6 Å². The smallest absolute Gasteiger partial charge is 0.337 e. The minimum absolute atomic E-state index is 0.0178. The highest BCUT2D eigenvalue weighted by Gasteiger charge is 2.12. The third-order valence-corrected chi connectivity index (χ3v) is 2.60. The third-order valence-electron chi connectivity index (χ3n) is 2.30. The fourth-order valence-corrected chi connectivity index (χ4v) is 1.75. The highest BCUT2D eigenvalue weighted by atomic mass is 35.5. The zero-order valence-corrected chi connectivity index (χ0v) is 10.1. The first-order valence-electron chi connectivity index (χ1n) is 4.91. The van der Waals surface area contributed by atoms with Gasteiger partial charge in [-0.1, -0.05) is 11.6 Å². The number of carbonyl (C=O) groups is 1. The van der Waals surface area contributed by atoms with Crippen molar-refractivity contribution in [2.45, 2.75) is 13.8 Å². The summed E-state index contributed by atoms with van der Waals surface area (Å²) in [6, 6.07) is 3.29. The fourth-order valence-electron chi connectivity index (χ4n) is 1.57. The van der Waals surface area contributed by atoms with E-state index in [0.29, 0.717) is 5.82 Å². The highest BCUT2D eigenvalue weighted by molar-refractivity contribution is 6.33. The lowest BCUT2D eigenvalue weighted by molar-refractivity contribution is 0.0697. The van der Waals surface area contributed by atoms with Gasteiger partial charge in [0.05, 0.1) is 16.3 Å². The summed E-state index contributed by atoms with van der Waals surface area (Å²) in [6.07, 6.45) is 1.32. The lowest BCUT2D eigenvalue weighted by atomic mass is 10.2. The van der Waals surface area contributed by atoms with Crippen LogP contribution < -0.4 is 0 Å². The normalized spacial score (nSPS) is 10.5. The van der Waals surface area contributed by atoms with E-state index in [1.54, 1.807) is 4.68 Å². The maximum absolute atomic E-state index is 11.0. The molecule has 0 aromatic carbocycles. The number of hydrogen-bond donors (Lipinski definition) is 1. The highest BCUT2D eigenvalue weighted by Crippen LogP contribution is 2.18. The second-order valence-electron chi connectivity index (χ2n) is 3.67. The Kier molecular flexibility index (Phi) is 2.85. The van der Waals surface area contributed by atoms with Gasteiger partial charge in [-0.25, -0.2) is 14.5 Å². The number of rotatable bonds is 2. The molecule has 2 heterocycles. The first-order chi connectivity index (χ1) is 7.99. The van der Waals surface area contributed by atoms with Crippen molar-refractivity contribution in [2.24, 2.45) is 0 Å². The van der Waals surface area contributed by atoms with Crippen molar-refractivity contribution in [3.05, 3.63) is 40.3 Å². The summed E-state index contributed by atoms with van der Waals surface area (Å²) in [5.74, 6) is -0.641. The van der Waals surface area contributed by atoms with Gasteiger partial charge in [0.25, 0.3) is 0 Å². The predicted molar refractivity (Wildman–Crippen MR) is 62.8 cm³/mol. The number of halogens is 1. The van der Waals surface area contributed by atoms with E-state index in [0.717, 1.165) is 11.4 Å². The van der Waals surface area contributed by atoms with E-state index in [-0.39, 0.29) is 10.6 Å². The van der Waals surface area contributed by atoms with Gasteiger partial charge >= 0.3 is 5.97 Å². The van der Waals surface area contributed by atoms with Crippen LogP contribution in [0.4, 0.5) is 0 Å². The van der Waals surface area contributed by atoms with Crippen LogP contribution in [0.2, 0.25) is 5.02 Å². The standard InChI is InChI=1S/C11H10ClN3O2/c1-6-3-7(2)15(14-6)10-4-8(11(16)17)9(12)5-13-10/h3-5H,1-2H3,(H,16,17). The number of aromatic carboxylic acids is 1. The SMILES string of the molecule is Cc1cc(C)n(-c2cc(C(=O)O)c(Cl)cn2)n1. The van der Waals surface area contributed by atoms with Gasteiger partial charge in [0, 0.05) is 11.9 Å². The van der Waals surface area contributed by atoms with Crippen LogP contribution in [0.5, 0.6) is 0 Å². The molecule has 0 amide bonds. The second kappa shape index (κ2) is 4.18. The van der Waals surface area contributed by atoms with Crippen LogP contribution in [0.15, 0.2) is 18.3 Å². The Morgan fingerprint density at radius 2 is 2.12 bits per heavy atom. The van der Waals surface area contributed by atoms with Crippen molar-refractivity contribution in [1.82, 2.24) is 14.8 Å². The Balaban J connectivity index is 2.57. The molecule has 0 aliphatic rings. The van der Waals surface area contributed by atoms with Gasteiger partial charge in [-0.15, -0.1) is 0 Å². The first kappa shape index (κ1) is 11.6. The first-order valence-corrected chi connectivity index (χ1v) is 5.29. The second-order valence-corrected chi connectivity index (χ2v) is 4.07. The van der Waals surface area contributed by atoms with Crippen LogP contribution in [-0.4, -0.2) is 25.8 Å². The van der Waals surface area contributed by atoms with Crippen molar-refractivity contribution in [3.63, 3.8) is 0 Å². The Labute approximate surface area is 103 Å². The largest absolute Gasteiger partial charge is 0.478 e. The molecule has 2 aromatic rings. The Morgan fingerprint density at radius 3 is 2.65 bits per heavy atom. The molecule has 2 rings (SSSR count). The fraction of sp³-hybridized carbons (Fsp3) is 0.182. The Bertz CT molecular complexity index is 592. The summed E-state index contributed by atoms with van der Waals surface area (Å²) in [5, 5.41) is 13.3. The van der Waals surface area contributed by atoms with Crippen molar-refractivity contribution in [1.29, 1.82) is 0 Å². The monoisotopic (exact) mass is 251 g/mol. The molecule has 0 bridgehead atoms. The summed E-state index contributed by atoms with van der Waals surface area (Å²) in [4.78, 5) is 15.0. The van der Waals surface area contributed by atoms with Gasteiger partial charge in [0.1, 0.15) is 0 Å². The molecule has 5 nitrogen and oxygen atoms in total. The molecule has 0 fully saturated rings. The van der Waals surface area contributed by atoms with Gasteiger partial charge in [0.2, 0.25) is 0 Å². The quantitative estimate of drug-likeness (QED) is 0.889. The molecule has 17 heavy (non-hydrogen) atoms. The average molecular weight is 252 g/mol. The van der Waals surface area contributed by atoms with Crippen LogP contribution in [0.25, 0.3) is 5.82 Å². The summed E-state index contributed by atoms with van der Waals surface area (Å²) in [7, 11) is 0. The molecule has 0 unspecified atom stereocenters. The number of pyridine rings is 1. The minimum atomic E-state index is -1.08. The molecule has 0 aliphatic heterocycles. The molecule has 0 atom stereocenters. The Morgan fingerprint density at radius 1 is 1.41 bits per heavy atom. The molecule has 2 aromatic heterocycles. The van der Waals surface area contributed by atoms with Gasteiger partial charge in [-0.05, 0) is 26.0 Å². The van der Waals surface area contributed by atoms with Crippen molar-refractivity contribution in [2.75, 3.05) is 0 Å². The van der Waals surface area contributed by atoms with E-state index < -0.39 is 5.97 Å². The molecule has 0 saturated carbocycles. The Hall–Kier alpha value is -1.88. The molecule has 0 aliphatic carbocycles. The van der Waals surface area contributed by atoms with Gasteiger partial charge in [0.15, 0.2) is 5.82 Å². The molecule has 0 saturated heterocycles. The zero-order chi connectivity index (χ0) is 12.6. The number of carboxylic acid groups (broad SMARTS) is 1. The number of hydrogen-bond acceptors (Lipinski definition) is 3. The van der Waals surface area contributed by atoms with Gasteiger partial charge in [-0.3, -0.25) is 0 Å². The topological polar surface area (TPSA) is 68.0 Å². The van der Waals surface area contributed by atoms with Gasteiger partial charge < -0.3 is 5.11 Å². The van der Waals surface area contributed by atoms with Crippen LogP contribution in [0, 0.1) is 13.8 Å². The van der Waals surface area contributed by atoms with Crippen molar-refractivity contribution in [3.8, 4) is 5.82 Å². The van der Waals surface area contributed by atoms with E-state index in [9.17, 15) is 4.79 Å². The zero-order valence-electron chi connectivity index (χ0n) is 9.31.